The van der Waals surface area contributed by atoms with Crippen molar-refractivity contribution in [2.75, 3.05) is 10.6 Å². The zero-order valence-electron chi connectivity index (χ0n) is 23.7. The van der Waals surface area contributed by atoms with Crippen molar-refractivity contribution in [3.05, 3.63) is 81.5 Å². The lowest BCUT2D eigenvalue weighted by Crippen LogP contribution is -2.38. The zero-order valence-corrected chi connectivity index (χ0v) is 26.1. The van der Waals surface area contributed by atoms with Gasteiger partial charge in [-0.15, -0.1) is 11.3 Å². The summed E-state index contributed by atoms with van der Waals surface area (Å²) < 4.78 is 33.6. The largest absolute Gasteiger partial charge is 0.445 e. The molecule has 1 fully saturated rings. The molecule has 44 heavy (non-hydrogen) atoms. The van der Waals surface area contributed by atoms with Crippen molar-refractivity contribution in [2.24, 2.45) is 0 Å². The fraction of sp³-hybridized carbons (Fsp3) is 0.355. The number of amides is 3. The molecular formula is C31H32BrF2N5O4S. The number of fused-ring (bicyclic) bond motifs is 1. The summed E-state index contributed by atoms with van der Waals surface area (Å²) in [5.74, 6) is -0.191. The van der Waals surface area contributed by atoms with Gasteiger partial charge in [-0.3, -0.25) is 14.9 Å². The van der Waals surface area contributed by atoms with Crippen LogP contribution >= 0.6 is 27.3 Å². The second kappa shape index (κ2) is 14.8. The molecular weight excluding hydrogens is 656 g/mol. The number of anilines is 1. The van der Waals surface area contributed by atoms with Crippen molar-refractivity contribution in [3.63, 3.8) is 0 Å². The van der Waals surface area contributed by atoms with Gasteiger partial charge < -0.3 is 19.9 Å². The minimum Gasteiger partial charge on any atom is -0.445 e. The lowest BCUT2D eigenvalue weighted by Gasteiger charge is -2.31. The molecule has 0 radical (unpaired) electrons. The molecule has 13 heteroatoms. The van der Waals surface area contributed by atoms with Crippen LogP contribution in [0.3, 0.4) is 0 Å². The molecule has 2 heterocycles. The molecule has 2 aromatic heterocycles. The highest BCUT2D eigenvalue weighted by Gasteiger charge is 2.28. The number of halogens is 3. The Morgan fingerprint density at radius 3 is 2.50 bits per heavy atom. The predicted molar refractivity (Wildman–Crippen MR) is 168 cm³/mol. The smallest absolute Gasteiger partial charge is 0.407 e. The van der Waals surface area contributed by atoms with Crippen LogP contribution in [0.4, 0.5) is 19.5 Å². The van der Waals surface area contributed by atoms with Crippen molar-refractivity contribution < 1.29 is 27.9 Å². The van der Waals surface area contributed by atoms with Gasteiger partial charge in [0.2, 0.25) is 11.9 Å². The van der Waals surface area contributed by atoms with Gasteiger partial charge >= 0.3 is 6.09 Å². The van der Waals surface area contributed by atoms with E-state index in [4.69, 9.17) is 9.72 Å². The Morgan fingerprint density at radius 1 is 1.02 bits per heavy atom. The summed E-state index contributed by atoms with van der Waals surface area (Å²) in [4.78, 5) is 42.2. The number of rotatable bonds is 11. The molecule has 2 aromatic carbocycles. The summed E-state index contributed by atoms with van der Waals surface area (Å²) in [6, 6.07) is 17.7. The zero-order chi connectivity index (χ0) is 31.1. The molecule has 3 amide bonds. The summed E-state index contributed by atoms with van der Waals surface area (Å²) >= 11 is 4.04. The number of thiophene rings is 1. The highest BCUT2D eigenvalue weighted by Crippen LogP contribution is 2.35. The Balaban J connectivity index is 1.32. The fourth-order valence-electron chi connectivity index (χ4n) is 5.28. The monoisotopic (exact) mass is 687 g/mol. The molecule has 0 atom stereocenters. The lowest BCUT2D eigenvalue weighted by molar-refractivity contribution is -0.121. The van der Waals surface area contributed by atoms with Crippen LogP contribution < -0.4 is 16.0 Å². The van der Waals surface area contributed by atoms with Gasteiger partial charge in [0.15, 0.2) is 0 Å². The van der Waals surface area contributed by atoms with Gasteiger partial charge in [0.1, 0.15) is 6.61 Å². The second-order valence-corrected chi connectivity index (χ2v) is 12.4. The van der Waals surface area contributed by atoms with E-state index in [0.717, 1.165) is 53.7 Å². The van der Waals surface area contributed by atoms with Gasteiger partial charge in [0, 0.05) is 30.4 Å². The van der Waals surface area contributed by atoms with E-state index in [0.29, 0.717) is 23.2 Å². The van der Waals surface area contributed by atoms with Crippen molar-refractivity contribution in [1.29, 1.82) is 0 Å². The highest BCUT2D eigenvalue weighted by molar-refractivity contribution is 9.09. The van der Waals surface area contributed by atoms with E-state index in [1.165, 1.54) is 12.1 Å². The summed E-state index contributed by atoms with van der Waals surface area (Å²) in [5, 5.41) is 9.28. The maximum Gasteiger partial charge on any atom is 0.407 e. The number of carbonyl (C=O) groups is 3. The standard InChI is InChI=1S/C31H32BrF2N5O4S/c32-15-14-27(40)36-21-7-9-22(10-8-21)39-24-11-6-20(17-35-31(42)43-18-19-4-2-1-3-5-19)16-23(24)37-30(39)38-29(41)26-13-12-25(44-26)28(33)34/h1-6,11-13,16,21-22,28H,7-10,14-15,17-18H2,(H,35,42)(H,36,40)(H,37,38,41)/t21-,22+. The minimum atomic E-state index is -2.65. The molecule has 5 rings (SSSR count). The number of alkyl halides is 3. The van der Waals surface area contributed by atoms with Gasteiger partial charge in [-0.05, 0) is 61.1 Å². The first-order valence-electron chi connectivity index (χ1n) is 14.3. The first-order valence-corrected chi connectivity index (χ1v) is 16.2. The van der Waals surface area contributed by atoms with Crippen LogP contribution in [0, 0.1) is 0 Å². The third kappa shape index (κ3) is 8.00. The predicted octanol–water partition coefficient (Wildman–Crippen LogP) is 7.10. The highest BCUT2D eigenvalue weighted by atomic mass is 79.9. The van der Waals surface area contributed by atoms with Crippen LogP contribution in [0.15, 0.2) is 60.7 Å². The van der Waals surface area contributed by atoms with Crippen LogP contribution in [0.1, 0.15) is 70.2 Å². The molecule has 1 aliphatic rings. The van der Waals surface area contributed by atoms with Gasteiger partial charge in [-0.1, -0.05) is 52.3 Å². The van der Waals surface area contributed by atoms with Gasteiger partial charge in [-0.25, -0.2) is 18.6 Å². The quantitative estimate of drug-likeness (QED) is 0.146. The molecule has 0 aliphatic heterocycles. The Hall–Kier alpha value is -3.84. The summed E-state index contributed by atoms with van der Waals surface area (Å²) in [7, 11) is 0. The molecule has 1 saturated carbocycles. The van der Waals surface area contributed by atoms with Gasteiger partial charge in [0.25, 0.3) is 12.3 Å². The summed E-state index contributed by atoms with van der Waals surface area (Å²) in [6.45, 7) is 0.369. The van der Waals surface area contributed by atoms with Gasteiger partial charge in [0.05, 0.1) is 20.8 Å². The van der Waals surface area contributed by atoms with Crippen molar-refractivity contribution >= 4 is 62.2 Å². The number of hydrogen-bond acceptors (Lipinski definition) is 6. The third-order valence-electron chi connectivity index (χ3n) is 7.44. The van der Waals surface area contributed by atoms with Crippen LogP contribution in [0.5, 0.6) is 0 Å². The number of benzene rings is 2. The van der Waals surface area contributed by atoms with E-state index in [2.05, 4.69) is 31.9 Å². The molecule has 232 valence electrons. The van der Waals surface area contributed by atoms with Crippen LogP contribution in [-0.2, 0) is 22.7 Å². The van der Waals surface area contributed by atoms with Crippen molar-refractivity contribution in [2.45, 2.75) is 63.8 Å². The second-order valence-electron chi connectivity index (χ2n) is 10.5. The first-order chi connectivity index (χ1) is 21.3. The van der Waals surface area contributed by atoms with E-state index in [-0.39, 0.29) is 40.9 Å². The normalized spacial score (nSPS) is 16.5. The van der Waals surface area contributed by atoms with E-state index in [1.54, 1.807) is 0 Å². The van der Waals surface area contributed by atoms with E-state index < -0.39 is 18.4 Å². The average Bonchev–Trinajstić information content (AvgIpc) is 3.65. The topological polar surface area (TPSA) is 114 Å². The Bertz CT molecular complexity index is 1610. The summed E-state index contributed by atoms with van der Waals surface area (Å²) in [5.41, 5.74) is 3.08. The Kier molecular flexibility index (Phi) is 10.6. The molecule has 4 aromatic rings. The van der Waals surface area contributed by atoms with Crippen LogP contribution in [0.2, 0.25) is 0 Å². The molecule has 0 unspecified atom stereocenters. The minimum absolute atomic E-state index is 0.00322. The van der Waals surface area contributed by atoms with Gasteiger partial charge in [-0.2, -0.15) is 0 Å². The lowest BCUT2D eigenvalue weighted by atomic mass is 9.90. The number of carbonyl (C=O) groups excluding carboxylic acids is 3. The number of alkyl carbamates (subject to hydrolysis) is 1. The van der Waals surface area contributed by atoms with E-state index >= 15 is 0 Å². The molecule has 1 aliphatic carbocycles. The van der Waals surface area contributed by atoms with Crippen LogP contribution in [0.25, 0.3) is 11.0 Å². The Labute approximate surface area is 265 Å². The van der Waals surface area contributed by atoms with E-state index in [1.807, 2.05) is 53.1 Å². The maximum absolute atomic E-state index is 13.1. The molecule has 0 spiro atoms. The maximum atomic E-state index is 13.1. The van der Waals surface area contributed by atoms with Crippen molar-refractivity contribution in [1.82, 2.24) is 20.2 Å². The molecule has 3 N–H and O–H groups in total. The SMILES string of the molecule is O=C(CCBr)N[C@H]1CC[C@@H](n2c(NC(=O)c3ccc(C(F)F)s3)nc3cc(CNC(=O)OCc4ccccc4)ccc32)CC1. The average molecular weight is 689 g/mol. The Morgan fingerprint density at radius 2 is 1.80 bits per heavy atom. The molecule has 9 nitrogen and oxygen atoms in total. The van der Waals surface area contributed by atoms with Crippen LogP contribution in [-0.4, -0.2) is 38.8 Å². The fourth-order valence-corrected chi connectivity index (χ4v) is 6.40. The third-order valence-corrected chi connectivity index (χ3v) is 8.93. The number of hydrogen-bond donors (Lipinski definition) is 3. The number of ether oxygens (including phenoxy) is 1. The number of nitrogens with zero attached hydrogens (tertiary/aromatic N) is 2. The van der Waals surface area contributed by atoms with Crippen molar-refractivity contribution in [3.8, 4) is 0 Å². The first kappa shape index (κ1) is 31.6. The van der Waals surface area contributed by atoms with E-state index in [9.17, 15) is 23.2 Å². The number of nitrogens with one attached hydrogen (secondary N) is 3. The number of aromatic nitrogens is 2. The molecule has 0 saturated heterocycles. The summed E-state index contributed by atoms with van der Waals surface area (Å²) in [6.07, 6.45) is 0.242. The molecule has 0 bridgehead atoms. The number of imidazole rings is 1.